The first-order chi connectivity index (χ1) is 13.1. The fourth-order valence-corrected chi connectivity index (χ4v) is 4.43. The molecule has 4 rings (SSSR count). The van der Waals surface area contributed by atoms with Gasteiger partial charge in [-0.25, -0.2) is 4.39 Å². The van der Waals surface area contributed by atoms with Crippen LogP contribution in [0.4, 0.5) is 4.39 Å². The summed E-state index contributed by atoms with van der Waals surface area (Å²) in [5, 5.41) is 1.96. The molecule has 1 aliphatic rings. The Labute approximate surface area is 162 Å². The molecule has 0 saturated carbocycles. The molecule has 6 heteroatoms. The number of aromatic amines is 1. The summed E-state index contributed by atoms with van der Waals surface area (Å²) in [6.45, 7) is 3.35. The molecule has 1 aromatic heterocycles. The zero-order valence-corrected chi connectivity index (χ0v) is 16.1. The first kappa shape index (κ1) is 18.1. The number of amides is 1. The van der Waals surface area contributed by atoms with E-state index in [0.29, 0.717) is 6.42 Å². The van der Waals surface area contributed by atoms with Crippen LogP contribution in [0, 0.1) is 5.82 Å². The van der Waals surface area contributed by atoms with E-state index >= 15 is 0 Å². The van der Waals surface area contributed by atoms with Crippen molar-refractivity contribution in [2.75, 3.05) is 33.2 Å². The maximum absolute atomic E-state index is 13.6. The fourth-order valence-electron chi connectivity index (χ4n) is 3.41. The molecule has 0 radical (unpaired) electrons. The van der Waals surface area contributed by atoms with Gasteiger partial charge in [-0.3, -0.25) is 4.79 Å². The highest BCUT2D eigenvalue weighted by Crippen LogP contribution is 2.35. The van der Waals surface area contributed by atoms with Crippen molar-refractivity contribution in [2.24, 2.45) is 0 Å². The number of carbonyl (C=O) groups is 1. The van der Waals surface area contributed by atoms with E-state index in [4.69, 9.17) is 0 Å². The maximum atomic E-state index is 13.6. The SMILES string of the molecule is CN1CCN(C(=O)Cc2c(Sc3cccc(F)c3)[nH]c3ccccc23)CC1. The second-order valence-electron chi connectivity index (χ2n) is 6.90. The molecule has 2 aromatic carbocycles. The molecule has 2 heterocycles. The standard InChI is InChI=1S/C21H22FN3OS/c1-24-9-11-25(12-10-24)20(26)14-18-17-7-2-3-8-19(17)23-21(18)27-16-6-4-5-15(22)13-16/h2-8,13,23H,9-12,14H2,1H3. The monoisotopic (exact) mass is 383 g/mol. The molecule has 0 bridgehead atoms. The maximum Gasteiger partial charge on any atom is 0.227 e. The van der Waals surface area contributed by atoms with Crippen LogP contribution < -0.4 is 0 Å². The van der Waals surface area contributed by atoms with Gasteiger partial charge in [0.25, 0.3) is 0 Å². The number of nitrogens with one attached hydrogen (secondary N) is 1. The van der Waals surface area contributed by atoms with Gasteiger partial charge in [0.05, 0.1) is 11.4 Å². The first-order valence-corrected chi connectivity index (χ1v) is 9.91. The van der Waals surface area contributed by atoms with Crippen molar-refractivity contribution in [3.05, 3.63) is 59.9 Å². The summed E-state index contributed by atoms with van der Waals surface area (Å²) >= 11 is 1.47. The zero-order chi connectivity index (χ0) is 18.8. The Hall–Kier alpha value is -2.31. The van der Waals surface area contributed by atoms with Gasteiger partial charge in [-0.15, -0.1) is 0 Å². The Balaban J connectivity index is 1.63. The normalized spacial score (nSPS) is 15.4. The van der Waals surface area contributed by atoms with Gasteiger partial charge in [0.2, 0.25) is 5.91 Å². The lowest BCUT2D eigenvalue weighted by Crippen LogP contribution is -2.47. The number of nitrogens with zero attached hydrogens (tertiary/aromatic N) is 2. The van der Waals surface area contributed by atoms with E-state index in [-0.39, 0.29) is 11.7 Å². The van der Waals surface area contributed by atoms with Crippen LogP contribution in [0.25, 0.3) is 10.9 Å². The minimum Gasteiger partial charge on any atom is -0.349 e. The molecular weight excluding hydrogens is 361 g/mol. The summed E-state index contributed by atoms with van der Waals surface area (Å²) in [6.07, 6.45) is 0.353. The van der Waals surface area contributed by atoms with Crippen molar-refractivity contribution in [3.8, 4) is 0 Å². The van der Waals surface area contributed by atoms with Crippen molar-refractivity contribution in [1.82, 2.24) is 14.8 Å². The summed E-state index contributed by atoms with van der Waals surface area (Å²) in [5.74, 6) is -0.111. The van der Waals surface area contributed by atoms with Crippen LogP contribution in [0.5, 0.6) is 0 Å². The molecule has 3 aromatic rings. The zero-order valence-electron chi connectivity index (χ0n) is 15.2. The van der Waals surface area contributed by atoms with Crippen LogP contribution in [0.15, 0.2) is 58.5 Å². The molecule has 0 unspecified atom stereocenters. The number of halogens is 1. The van der Waals surface area contributed by atoms with E-state index in [1.54, 1.807) is 6.07 Å². The van der Waals surface area contributed by atoms with Gasteiger partial charge in [0.15, 0.2) is 0 Å². The summed E-state index contributed by atoms with van der Waals surface area (Å²) in [7, 11) is 2.08. The molecule has 1 aliphatic heterocycles. The smallest absolute Gasteiger partial charge is 0.227 e. The van der Waals surface area contributed by atoms with Crippen LogP contribution in [-0.2, 0) is 11.2 Å². The summed E-state index contributed by atoms with van der Waals surface area (Å²) < 4.78 is 13.6. The molecular formula is C21H22FN3OS. The number of hydrogen-bond donors (Lipinski definition) is 1. The van der Waals surface area contributed by atoms with E-state index in [9.17, 15) is 9.18 Å². The minimum atomic E-state index is -0.258. The number of rotatable bonds is 4. The van der Waals surface area contributed by atoms with Crippen molar-refractivity contribution >= 4 is 28.6 Å². The average Bonchev–Trinajstić information content (AvgIpc) is 2.99. The number of hydrogen-bond acceptors (Lipinski definition) is 3. The number of piperazine rings is 1. The third-order valence-electron chi connectivity index (χ3n) is 4.97. The predicted octanol–water partition coefficient (Wildman–Crippen LogP) is 3.77. The third kappa shape index (κ3) is 4.01. The van der Waals surface area contributed by atoms with Crippen molar-refractivity contribution in [1.29, 1.82) is 0 Å². The molecule has 1 N–H and O–H groups in total. The van der Waals surface area contributed by atoms with Crippen LogP contribution in [-0.4, -0.2) is 53.9 Å². The Morgan fingerprint density at radius 1 is 1.11 bits per heavy atom. The highest BCUT2D eigenvalue weighted by Gasteiger charge is 2.22. The predicted molar refractivity (Wildman–Crippen MR) is 107 cm³/mol. The quantitative estimate of drug-likeness (QED) is 0.745. The number of benzene rings is 2. The van der Waals surface area contributed by atoms with Crippen LogP contribution in [0.2, 0.25) is 0 Å². The molecule has 1 saturated heterocycles. The lowest BCUT2D eigenvalue weighted by Gasteiger charge is -2.32. The van der Waals surface area contributed by atoms with Gasteiger partial charge in [-0.2, -0.15) is 0 Å². The van der Waals surface area contributed by atoms with Crippen LogP contribution in [0.3, 0.4) is 0 Å². The summed E-state index contributed by atoms with van der Waals surface area (Å²) in [4.78, 5) is 21.3. The largest absolute Gasteiger partial charge is 0.349 e. The second kappa shape index (κ2) is 7.74. The molecule has 0 atom stereocenters. The molecule has 27 heavy (non-hydrogen) atoms. The first-order valence-electron chi connectivity index (χ1n) is 9.09. The summed E-state index contributed by atoms with van der Waals surface area (Å²) in [5.41, 5.74) is 1.99. The van der Waals surface area contributed by atoms with Gasteiger partial charge in [0.1, 0.15) is 5.82 Å². The number of likely N-dealkylation sites (N-methyl/N-ethyl adjacent to an activating group) is 1. The number of H-pyrrole nitrogens is 1. The molecule has 1 fully saturated rings. The number of aromatic nitrogens is 1. The van der Waals surface area contributed by atoms with E-state index in [1.807, 2.05) is 35.2 Å². The lowest BCUT2D eigenvalue weighted by molar-refractivity contribution is -0.132. The number of carbonyl (C=O) groups excluding carboxylic acids is 1. The Morgan fingerprint density at radius 2 is 1.89 bits per heavy atom. The van der Waals surface area contributed by atoms with Crippen LogP contribution >= 0.6 is 11.8 Å². The summed E-state index contributed by atoms with van der Waals surface area (Å²) in [6, 6.07) is 14.5. The third-order valence-corrected chi connectivity index (χ3v) is 6.02. The van der Waals surface area contributed by atoms with Gasteiger partial charge >= 0.3 is 0 Å². The second-order valence-corrected chi connectivity index (χ2v) is 7.98. The molecule has 0 aliphatic carbocycles. The highest BCUT2D eigenvalue weighted by atomic mass is 32.2. The average molecular weight is 383 g/mol. The Kier molecular flexibility index (Phi) is 5.18. The van der Waals surface area contributed by atoms with Crippen LogP contribution in [0.1, 0.15) is 5.56 Å². The minimum absolute atomic E-state index is 0.147. The van der Waals surface area contributed by atoms with Gasteiger partial charge in [-0.1, -0.05) is 36.0 Å². The number of para-hydroxylation sites is 1. The number of fused-ring (bicyclic) bond motifs is 1. The van der Waals surface area contributed by atoms with Crippen molar-refractivity contribution in [3.63, 3.8) is 0 Å². The van der Waals surface area contributed by atoms with Gasteiger partial charge in [-0.05, 0) is 31.3 Å². The van der Waals surface area contributed by atoms with E-state index in [0.717, 1.165) is 52.6 Å². The molecule has 0 spiro atoms. The van der Waals surface area contributed by atoms with Gasteiger partial charge < -0.3 is 14.8 Å². The van der Waals surface area contributed by atoms with Gasteiger partial charge in [0, 0.05) is 47.5 Å². The lowest BCUT2D eigenvalue weighted by atomic mass is 10.1. The van der Waals surface area contributed by atoms with E-state index in [2.05, 4.69) is 16.9 Å². The molecule has 4 nitrogen and oxygen atoms in total. The fraction of sp³-hybridized carbons (Fsp3) is 0.286. The highest BCUT2D eigenvalue weighted by molar-refractivity contribution is 7.99. The Bertz CT molecular complexity index is 963. The molecule has 1 amide bonds. The van der Waals surface area contributed by atoms with E-state index < -0.39 is 0 Å². The topological polar surface area (TPSA) is 39.3 Å². The van der Waals surface area contributed by atoms with Crippen molar-refractivity contribution in [2.45, 2.75) is 16.3 Å². The Morgan fingerprint density at radius 3 is 2.67 bits per heavy atom. The van der Waals surface area contributed by atoms with E-state index in [1.165, 1.54) is 23.9 Å². The molecule has 140 valence electrons. The van der Waals surface area contributed by atoms with Crippen molar-refractivity contribution < 1.29 is 9.18 Å².